The van der Waals surface area contributed by atoms with Gasteiger partial charge < -0.3 is 9.47 Å². The van der Waals surface area contributed by atoms with Gasteiger partial charge in [0.1, 0.15) is 0 Å². The molecule has 0 fully saturated rings. The predicted octanol–water partition coefficient (Wildman–Crippen LogP) is 8.45. The van der Waals surface area contributed by atoms with Gasteiger partial charge in [-0.1, -0.05) is 97.1 Å². The van der Waals surface area contributed by atoms with Gasteiger partial charge >= 0.3 is 11.9 Å². The lowest BCUT2D eigenvalue weighted by Crippen LogP contribution is -2.17. The Hall–Kier alpha value is -4.96. The second-order valence-corrected chi connectivity index (χ2v) is 10.0. The van der Waals surface area contributed by atoms with Crippen LogP contribution in [0.2, 0.25) is 0 Å². The van der Waals surface area contributed by atoms with Crippen molar-refractivity contribution in [1.29, 1.82) is 0 Å². The quantitative estimate of drug-likeness (QED) is 0.205. The number of rotatable bonds is 6. The molecule has 0 aliphatic carbocycles. The molecule has 0 heterocycles. The second-order valence-electron chi connectivity index (χ2n) is 10.0. The number of esters is 2. The zero-order chi connectivity index (χ0) is 27.6. The molecule has 0 bridgehead atoms. The number of carbonyl (C=O) groups excluding carboxylic acids is 2. The largest absolute Gasteiger partial charge is 0.453 e. The molecule has 4 nitrogen and oxygen atoms in total. The van der Waals surface area contributed by atoms with Crippen LogP contribution in [0.4, 0.5) is 0 Å². The Bertz CT molecular complexity index is 1750. The van der Waals surface area contributed by atoms with Crippen LogP contribution in [-0.4, -0.2) is 11.9 Å². The average Bonchev–Trinajstić information content (AvgIpc) is 2.97. The lowest BCUT2D eigenvalue weighted by molar-refractivity contribution is -0.146. The van der Waals surface area contributed by atoms with Crippen LogP contribution < -0.4 is 0 Å². The molecule has 0 spiro atoms. The van der Waals surface area contributed by atoms with Crippen LogP contribution >= 0.6 is 0 Å². The van der Waals surface area contributed by atoms with Crippen LogP contribution in [0.1, 0.15) is 48.3 Å². The fourth-order valence-electron chi connectivity index (χ4n) is 5.43. The molecule has 0 saturated heterocycles. The smallest absolute Gasteiger partial charge is 0.303 e. The summed E-state index contributed by atoms with van der Waals surface area (Å²) in [6.45, 7) is 2.84. The van der Waals surface area contributed by atoms with Gasteiger partial charge in [-0.25, -0.2) is 0 Å². The van der Waals surface area contributed by atoms with E-state index >= 15 is 0 Å². The van der Waals surface area contributed by atoms with E-state index in [4.69, 9.17) is 9.47 Å². The fourth-order valence-corrected chi connectivity index (χ4v) is 5.43. The number of hydrogen-bond donors (Lipinski definition) is 0. The molecule has 0 amide bonds. The molecule has 6 aromatic rings. The topological polar surface area (TPSA) is 52.6 Å². The first-order valence-electron chi connectivity index (χ1n) is 13.3. The Balaban J connectivity index is 1.60. The summed E-state index contributed by atoms with van der Waals surface area (Å²) < 4.78 is 12.1. The van der Waals surface area contributed by atoms with E-state index in [-0.39, 0.29) is 0 Å². The molecule has 0 N–H and O–H groups in total. The van der Waals surface area contributed by atoms with E-state index < -0.39 is 24.1 Å². The van der Waals surface area contributed by atoms with E-state index in [0.29, 0.717) is 0 Å². The van der Waals surface area contributed by atoms with Crippen molar-refractivity contribution in [1.82, 2.24) is 0 Å². The van der Waals surface area contributed by atoms with Gasteiger partial charge in [0.2, 0.25) is 0 Å². The molecule has 4 heteroatoms. The zero-order valence-corrected chi connectivity index (χ0v) is 22.3. The third-order valence-electron chi connectivity index (χ3n) is 7.24. The van der Waals surface area contributed by atoms with Gasteiger partial charge in [0.15, 0.2) is 12.2 Å². The van der Waals surface area contributed by atoms with Gasteiger partial charge in [-0.15, -0.1) is 0 Å². The molecule has 0 aliphatic rings. The summed E-state index contributed by atoms with van der Waals surface area (Å²) in [4.78, 5) is 25.0. The number of hydrogen-bond acceptors (Lipinski definition) is 4. The lowest BCUT2D eigenvalue weighted by Gasteiger charge is -2.27. The predicted molar refractivity (Wildman–Crippen MR) is 159 cm³/mol. The zero-order valence-electron chi connectivity index (χ0n) is 22.3. The molecule has 6 rings (SSSR count). The monoisotopic (exact) mass is 524 g/mol. The van der Waals surface area contributed by atoms with Gasteiger partial charge in [-0.05, 0) is 67.7 Å². The summed E-state index contributed by atoms with van der Waals surface area (Å²) in [5.41, 5.74) is 3.21. The molecule has 40 heavy (non-hydrogen) atoms. The van der Waals surface area contributed by atoms with Gasteiger partial charge in [0.05, 0.1) is 0 Å². The highest BCUT2D eigenvalue weighted by Crippen LogP contribution is 2.40. The van der Waals surface area contributed by atoms with Crippen molar-refractivity contribution in [3.63, 3.8) is 0 Å². The van der Waals surface area contributed by atoms with E-state index in [1.54, 1.807) is 0 Å². The summed E-state index contributed by atoms with van der Waals surface area (Å²) in [6.07, 6.45) is -1.42. The maximum Gasteiger partial charge on any atom is 0.303 e. The molecule has 2 atom stereocenters. The maximum atomic E-state index is 12.5. The Morgan fingerprint density at radius 2 is 0.775 bits per heavy atom. The second kappa shape index (κ2) is 10.7. The highest BCUT2D eigenvalue weighted by atomic mass is 16.5. The van der Waals surface area contributed by atoms with Crippen LogP contribution in [0, 0.1) is 0 Å². The van der Waals surface area contributed by atoms with Crippen LogP contribution in [0.3, 0.4) is 0 Å². The van der Waals surface area contributed by atoms with Gasteiger partial charge in [0, 0.05) is 25.0 Å². The Labute approximate surface area is 232 Å². The molecular weight excluding hydrogens is 496 g/mol. The van der Waals surface area contributed by atoms with Crippen LogP contribution in [-0.2, 0) is 19.1 Å². The molecule has 6 aromatic carbocycles. The molecule has 0 saturated carbocycles. The van der Waals surface area contributed by atoms with Crippen molar-refractivity contribution in [3.05, 3.63) is 144 Å². The summed E-state index contributed by atoms with van der Waals surface area (Å²) in [5, 5.41) is 6.29. The molecular formula is C36H28O4. The molecule has 0 aromatic heterocycles. The number of ether oxygens (including phenoxy) is 2. The van der Waals surface area contributed by atoms with Gasteiger partial charge in [-0.3, -0.25) is 9.59 Å². The van der Waals surface area contributed by atoms with Gasteiger partial charge in [0.25, 0.3) is 0 Å². The van der Waals surface area contributed by atoms with Crippen molar-refractivity contribution in [3.8, 4) is 0 Å². The molecule has 196 valence electrons. The normalized spacial score (nSPS) is 12.8. The van der Waals surface area contributed by atoms with Crippen molar-refractivity contribution >= 4 is 44.3 Å². The van der Waals surface area contributed by atoms with E-state index in [2.05, 4.69) is 24.3 Å². The Morgan fingerprint density at radius 1 is 0.450 bits per heavy atom. The summed E-state index contributed by atoms with van der Waals surface area (Å²) in [5.74, 6) is -0.793. The lowest BCUT2D eigenvalue weighted by atomic mass is 9.87. The first-order valence-corrected chi connectivity index (χ1v) is 13.3. The molecule has 0 aliphatic heterocycles. The fraction of sp³-hybridized carbons (Fsp3) is 0.111. The molecule has 2 unspecified atom stereocenters. The summed E-state index contributed by atoms with van der Waals surface area (Å²) >= 11 is 0. The minimum atomic E-state index is -0.708. The number of fused-ring (bicyclic) bond motifs is 3. The minimum Gasteiger partial charge on any atom is -0.453 e. The van der Waals surface area contributed by atoms with Crippen LogP contribution in [0.25, 0.3) is 32.3 Å². The van der Waals surface area contributed by atoms with Crippen molar-refractivity contribution in [2.75, 3.05) is 0 Å². The first kappa shape index (κ1) is 25.3. The summed E-state index contributed by atoms with van der Waals surface area (Å²) in [7, 11) is 0. The van der Waals surface area contributed by atoms with E-state index in [0.717, 1.165) is 54.6 Å². The average molecular weight is 525 g/mol. The Morgan fingerprint density at radius 3 is 1.12 bits per heavy atom. The Kier molecular flexibility index (Phi) is 6.75. The highest BCUT2D eigenvalue weighted by Gasteiger charge is 2.28. The van der Waals surface area contributed by atoms with Gasteiger partial charge in [-0.2, -0.15) is 0 Å². The van der Waals surface area contributed by atoms with Crippen molar-refractivity contribution in [2.24, 2.45) is 0 Å². The maximum absolute atomic E-state index is 12.5. The van der Waals surface area contributed by atoms with Crippen molar-refractivity contribution in [2.45, 2.75) is 26.1 Å². The number of carbonyl (C=O) groups is 2. The molecule has 0 radical (unpaired) electrons. The highest BCUT2D eigenvalue weighted by molar-refractivity contribution is 5.87. The summed E-state index contributed by atoms with van der Waals surface area (Å²) in [6, 6.07) is 40.5. The van der Waals surface area contributed by atoms with E-state index in [1.807, 2.05) is 97.1 Å². The standard InChI is InChI=1S/C36H28O4/c1-23(37)39-35(31-17-15-25-9-3-5-11-27(25)19-31)33-21-29-13-7-8-14-30(29)22-34(33)36(40-24(2)38)32-18-16-26-10-4-6-12-28(26)20-32/h3-22,35-36H,1-2H3. The van der Waals surface area contributed by atoms with Crippen LogP contribution in [0.5, 0.6) is 0 Å². The minimum absolute atomic E-state index is 0.396. The third kappa shape index (κ3) is 5.04. The first-order chi connectivity index (χ1) is 19.5. The van der Waals surface area contributed by atoms with Crippen LogP contribution in [0.15, 0.2) is 121 Å². The van der Waals surface area contributed by atoms with E-state index in [1.165, 1.54) is 13.8 Å². The van der Waals surface area contributed by atoms with E-state index in [9.17, 15) is 9.59 Å². The SMILES string of the molecule is CC(=O)OC(c1ccc2ccccc2c1)c1cc2ccccc2cc1C(OC(C)=O)c1ccc2ccccc2c1. The number of benzene rings is 6. The third-order valence-corrected chi connectivity index (χ3v) is 7.24. The van der Waals surface area contributed by atoms with Crippen molar-refractivity contribution < 1.29 is 19.1 Å².